The van der Waals surface area contributed by atoms with Crippen molar-refractivity contribution in [2.75, 3.05) is 7.11 Å². The molecule has 0 atom stereocenters. The van der Waals surface area contributed by atoms with Crippen LogP contribution in [0.25, 0.3) is 11.1 Å². The zero-order valence-corrected chi connectivity index (χ0v) is 11.9. The first kappa shape index (κ1) is 13.5. The Balaban J connectivity index is 2.40. The van der Waals surface area contributed by atoms with Crippen LogP contribution in [0, 0.1) is 0 Å². The Labute approximate surface area is 114 Å². The van der Waals surface area contributed by atoms with Crippen LogP contribution < -0.4 is 4.74 Å². The van der Waals surface area contributed by atoms with Gasteiger partial charge in [0.1, 0.15) is 11.5 Å². The fraction of sp³-hybridized carbons (Fsp3) is 0.294. The average Bonchev–Trinajstić information content (AvgIpc) is 2.38. The molecule has 0 aliphatic carbocycles. The second-order valence-electron chi connectivity index (χ2n) is 5.71. The van der Waals surface area contributed by atoms with Gasteiger partial charge in [-0.05, 0) is 34.7 Å². The summed E-state index contributed by atoms with van der Waals surface area (Å²) in [6.07, 6.45) is 0. The molecular formula is C17H20O2. The lowest BCUT2D eigenvalue weighted by molar-refractivity contribution is 0.415. The Hall–Kier alpha value is -1.96. The summed E-state index contributed by atoms with van der Waals surface area (Å²) in [6.45, 7) is 6.40. The van der Waals surface area contributed by atoms with Crippen molar-refractivity contribution in [1.82, 2.24) is 0 Å². The molecule has 0 spiro atoms. The summed E-state index contributed by atoms with van der Waals surface area (Å²) in [4.78, 5) is 0. The monoisotopic (exact) mass is 256 g/mol. The van der Waals surface area contributed by atoms with Gasteiger partial charge in [-0.25, -0.2) is 0 Å². The Bertz CT molecular complexity index is 563. The summed E-state index contributed by atoms with van der Waals surface area (Å²) in [5, 5.41) is 10.2. The van der Waals surface area contributed by atoms with Crippen molar-refractivity contribution >= 4 is 0 Å². The molecule has 19 heavy (non-hydrogen) atoms. The van der Waals surface area contributed by atoms with E-state index < -0.39 is 0 Å². The third kappa shape index (κ3) is 2.90. The quantitative estimate of drug-likeness (QED) is 0.864. The molecule has 0 saturated carbocycles. The topological polar surface area (TPSA) is 29.5 Å². The number of hydrogen-bond donors (Lipinski definition) is 1. The van der Waals surface area contributed by atoms with Crippen LogP contribution >= 0.6 is 0 Å². The van der Waals surface area contributed by atoms with Crippen LogP contribution in [-0.2, 0) is 5.41 Å². The van der Waals surface area contributed by atoms with Crippen molar-refractivity contribution < 1.29 is 9.84 Å². The number of ether oxygens (including phenoxy) is 1. The van der Waals surface area contributed by atoms with E-state index in [1.165, 1.54) is 0 Å². The molecule has 0 aliphatic heterocycles. The number of rotatable bonds is 2. The summed E-state index contributed by atoms with van der Waals surface area (Å²) in [5.74, 6) is 1.13. The van der Waals surface area contributed by atoms with Gasteiger partial charge in [-0.3, -0.25) is 0 Å². The molecule has 0 heterocycles. The van der Waals surface area contributed by atoms with E-state index in [1.807, 2.05) is 36.4 Å². The molecule has 2 heteroatoms. The van der Waals surface area contributed by atoms with Crippen molar-refractivity contribution in [2.24, 2.45) is 0 Å². The number of phenolic OH excluding ortho intramolecular Hbond substituents is 1. The molecule has 0 aliphatic rings. The Morgan fingerprint density at radius 2 is 1.58 bits per heavy atom. The van der Waals surface area contributed by atoms with E-state index >= 15 is 0 Å². The van der Waals surface area contributed by atoms with Crippen molar-refractivity contribution in [3.63, 3.8) is 0 Å². The normalized spacial score (nSPS) is 11.4. The van der Waals surface area contributed by atoms with Crippen LogP contribution in [0.15, 0.2) is 42.5 Å². The van der Waals surface area contributed by atoms with Gasteiger partial charge >= 0.3 is 0 Å². The molecule has 2 aromatic carbocycles. The minimum absolute atomic E-state index is 0.0376. The highest BCUT2D eigenvalue weighted by Crippen LogP contribution is 2.34. The van der Waals surface area contributed by atoms with E-state index in [-0.39, 0.29) is 5.41 Å². The summed E-state index contributed by atoms with van der Waals surface area (Å²) in [6, 6.07) is 13.6. The van der Waals surface area contributed by atoms with Gasteiger partial charge in [0.25, 0.3) is 0 Å². The van der Waals surface area contributed by atoms with E-state index in [4.69, 9.17) is 4.74 Å². The maximum Gasteiger partial charge on any atom is 0.123 e. The van der Waals surface area contributed by atoms with E-state index in [0.29, 0.717) is 5.75 Å². The highest BCUT2D eigenvalue weighted by atomic mass is 16.5. The second kappa shape index (κ2) is 4.96. The van der Waals surface area contributed by atoms with E-state index in [2.05, 4.69) is 26.8 Å². The predicted molar refractivity (Wildman–Crippen MR) is 78.8 cm³/mol. The molecule has 0 saturated heterocycles. The third-order valence-electron chi connectivity index (χ3n) is 3.26. The molecule has 2 aromatic rings. The Morgan fingerprint density at radius 1 is 0.947 bits per heavy atom. The number of methoxy groups -OCH3 is 1. The molecule has 2 nitrogen and oxygen atoms in total. The molecule has 100 valence electrons. The van der Waals surface area contributed by atoms with Gasteiger partial charge in [0.15, 0.2) is 0 Å². The zero-order chi connectivity index (χ0) is 14.0. The molecule has 1 N–H and O–H groups in total. The Kier molecular flexibility index (Phi) is 3.52. The molecule has 2 rings (SSSR count). The number of phenols is 1. The lowest BCUT2D eigenvalue weighted by atomic mass is 9.86. The fourth-order valence-electron chi connectivity index (χ4n) is 2.01. The fourth-order valence-corrected chi connectivity index (χ4v) is 2.01. The van der Waals surface area contributed by atoms with Crippen LogP contribution in [0.3, 0.4) is 0 Å². The van der Waals surface area contributed by atoms with Crippen LogP contribution in [0.4, 0.5) is 0 Å². The van der Waals surface area contributed by atoms with Gasteiger partial charge < -0.3 is 9.84 Å². The van der Waals surface area contributed by atoms with Gasteiger partial charge in [-0.2, -0.15) is 0 Å². The van der Waals surface area contributed by atoms with Crippen LogP contribution in [0.2, 0.25) is 0 Å². The van der Waals surface area contributed by atoms with Crippen molar-refractivity contribution in [3.8, 4) is 22.6 Å². The van der Waals surface area contributed by atoms with Crippen molar-refractivity contribution in [1.29, 1.82) is 0 Å². The first-order valence-electron chi connectivity index (χ1n) is 6.40. The summed E-state index contributed by atoms with van der Waals surface area (Å²) < 4.78 is 5.14. The standard InChI is InChI=1S/C17H20O2/c1-17(2,3)13-7-10-15(16(18)11-13)12-5-8-14(19-4)9-6-12/h5-11,18H,1-4H3. The lowest BCUT2D eigenvalue weighted by Crippen LogP contribution is -2.10. The highest BCUT2D eigenvalue weighted by Gasteiger charge is 2.15. The Morgan fingerprint density at radius 3 is 2.05 bits per heavy atom. The van der Waals surface area contributed by atoms with Gasteiger partial charge in [0.2, 0.25) is 0 Å². The smallest absolute Gasteiger partial charge is 0.123 e. The summed E-state index contributed by atoms with van der Waals surface area (Å²) in [5.41, 5.74) is 2.99. The van der Waals surface area contributed by atoms with E-state index in [1.54, 1.807) is 7.11 Å². The summed E-state index contributed by atoms with van der Waals surface area (Å²) in [7, 11) is 1.64. The summed E-state index contributed by atoms with van der Waals surface area (Å²) >= 11 is 0. The van der Waals surface area contributed by atoms with Gasteiger partial charge in [0, 0.05) is 5.56 Å². The molecule has 0 unspecified atom stereocenters. The number of benzene rings is 2. The maximum atomic E-state index is 10.2. The molecule has 0 radical (unpaired) electrons. The second-order valence-corrected chi connectivity index (χ2v) is 5.71. The highest BCUT2D eigenvalue weighted by molar-refractivity contribution is 5.71. The zero-order valence-electron chi connectivity index (χ0n) is 11.9. The van der Waals surface area contributed by atoms with Crippen LogP contribution in [-0.4, -0.2) is 12.2 Å². The predicted octanol–water partition coefficient (Wildman–Crippen LogP) is 4.37. The van der Waals surface area contributed by atoms with E-state index in [0.717, 1.165) is 22.4 Å². The van der Waals surface area contributed by atoms with Gasteiger partial charge in [-0.1, -0.05) is 45.0 Å². The van der Waals surface area contributed by atoms with Crippen molar-refractivity contribution in [2.45, 2.75) is 26.2 Å². The molecular weight excluding hydrogens is 236 g/mol. The van der Waals surface area contributed by atoms with Crippen LogP contribution in [0.5, 0.6) is 11.5 Å². The number of hydrogen-bond acceptors (Lipinski definition) is 2. The van der Waals surface area contributed by atoms with Crippen LogP contribution in [0.1, 0.15) is 26.3 Å². The molecule has 0 aromatic heterocycles. The maximum absolute atomic E-state index is 10.2. The van der Waals surface area contributed by atoms with Crippen molar-refractivity contribution in [3.05, 3.63) is 48.0 Å². The minimum atomic E-state index is 0.0376. The molecule has 0 fully saturated rings. The molecule has 0 bridgehead atoms. The SMILES string of the molecule is COc1ccc(-c2ccc(C(C)(C)C)cc2O)cc1. The molecule has 0 amide bonds. The van der Waals surface area contributed by atoms with Gasteiger partial charge in [0.05, 0.1) is 7.11 Å². The third-order valence-corrected chi connectivity index (χ3v) is 3.26. The first-order chi connectivity index (χ1) is 8.91. The van der Waals surface area contributed by atoms with Gasteiger partial charge in [-0.15, -0.1) is 0 Å². The van der Waals surface area contributed by atoms with E-state index in [9.17, 15) is 5.11 Å². The first-order valence-corrected chi connectivity index (χ1v) is 6.40. The number of aromatic hydroxyl groups is 1. The average molecular weight is 256 g/mol. The minimum Gasteiger partial charge on any atom is -0.507 e. The lowest BCUT2D eigenvalue weighted by Gasteiger charge is -2.20. The largest absolute Gasteiger partial charge is 0.507 e.